The highest BCUT2D eigenvalue weighted by molar-refractivity contribution is 7.80. The molecule has 6 heteroatoms. The van der Waals surface area contributed by atoms with Gasteiger partial charge in [-0.3, -0.25) is 0 Å². The quantitative estimate of drug-likeness (QED) is 0.296. The van der Waals surface area contributed by atoms with Crippen molar-refractivity contribution in [3.8, 4) is 0 Å². The van der Waals surface area contributed by atoms with E-state index in [2.05, 4.69) is 17.6 Å². The van der Waals surface area contributed by atoms with Crippen LogP contribution in [0.1, 0.15) is 85.5 Å². The number of methoxy groups -OCH3 is 1. The molecule has 0 aromatic carbocycles. The van der Waals surface area contributed by atoms with Crippen molar-refractivity contribution < 1.29 is 9.53 Å². The number of nitrogens with one attached hydrogen (secondary N) is 2. The predicted octanol–water partition coefficient (Wildman–Crippen LogP) is 5.45. The molecule has 0 bridgehead atoms. The van der Waals surface area contributed by atoms with Crippen LogP contribution in [-0.2, 0) is 17.6 Å². The van der Waals surface area contributed by atoms with Crippen molar-refractivity contribution in [2.24, 2.45) is 0 Å². The van der Waals surface area contributed by atoms with Crippen molar-refractivity contribution in [2.45, 2.75) is 77.6 Å². The number of esters is 1. The molecule has 26 heavy (non-hydrogen) atoms. The molecule has 4 nitrogen and oxygen atoms in total. The van der Waals surface area contributed by atoms with Gasteiger partial charge in [0.25, 0.3) is 0 Å². The number of carbonyl (C=O) groups excluding carboxylic acids is 1. The molecule has 0 saturated heterocycles. The number of thiocarbonyl (C=S) groups is 1. The van der Waals surface area contributed by atoms with Crippen molar-refractivity contribution in [1.82, 2.24) is 5.32 Å². The maximum atomic E-state index is 12.1. The highest BCUT2D eigenvalue weighted by atomic mass is 32.1. The Hall–Kier alpha value is -1.14. The molecule has 0 unspecified atom stereocenters. The lowest BCUT2D eigenvalue weighted by Crippen LogP contribution is -2.29. The van der Waals surface area contributed by atoms with Gasteiger partial charge >= 0.3 is 5.97 Å². The van der Waals surface area contributed by atoms with Gasteiger partial charge in [0.1, 0.15) is 5.00 Å². The standard InChI is InChI=1S/C20H32N2O2S2/c1-3-4-5-6-7-8-9-10-14-21-20(25)22-18-17(19(23)24-2)15-12-11-13-16(15)26-18/h3-14H2,1-2H3,(H2,21,22,25). The number of carbonyl (C=O) groups is 1. The van der Waals surface area contributed by atoms with E-state index in [1.807, 2.05) is 0 Å². The Balaban J connectivity index is 1.69. The first-order valence-electron chi connectivity index (χ1n) is 9.95. The zero-order valence-electron chi connectivity index (χ0n) is 16.1. The van der Waals surface area contributed by atoms with E-state index in [-0.39, 0.29) is 5.97 Å². The van der Waals surface area contributed by atoms with Crippen LogP contribution in [-0.4, -0.2) is 24.7 Å². The molecule has 1 aliphatic rings. The third kappa shape index (κ3) is 6.23. The van der Waals surface area contributed by atoms with E-state index in [0.717, 1.165) is 42.8 Å². The van der Waals surface area contributed by atoms with Gasteiger partial charge in [-0.1, -0.05) is 51.9 Å². The van der Waals surface area contributed by atoms with Crippen LogP contribution in [0.5, 0.6) is 0 Å². The second-order valence-electron chi connectivity index (χ2n) is 6.91. The smallest absolute Gasteiger partial charge is 0.341 e. The fourth-order valence-electron chi connectivity index (χ4n) is 3.42. The maximum Gasteiger partial charge on any atom is 0.341 e. The third-order valence-corrected chi connectivity index (χ3v) is 6.31. The Kier molecular flexibility index (Phi) is 9.40. The lowest BCUT2D eigenvalue weighted by atomic mass is 10.1. The molecule has 0 spiro atoms. The number of thiophene rings is 1. The van der Waals surface area contributed by atoms with E-state index in [1.165, 1.54) is 56.9 Å². The van der Waals surface area contributed by atoms with Crippen molar-refractivity contribution >= 4 is 39.6 Å². The minimum Gasteiger partial charge on any atom is -0.465 e. The van der Waals surface area contributed by atoms with Gasteiger partial charge in [0, 0.05) is 11.4 Å². The Morgan fingerprint density at radius 3 is 2.50 bits per heavy atom. The van der Waals surface area contributed by atoms with Gasteiger partial charge in [0.2, 0.25) is 0 Å². The van der Waals surface area contributed by atoms with Gasteiger partial charge in [0.05, 0.1) is 12.7 Å². The Morgan fingerprint density at radius 2 is 1.81 bits per heavy atom. The zero-order chi connectivity index (χ0) is 18.8. The highest BCUT2D eigenvalue weighted by Gasteiger charge is 2.27. The molecule has 146 valence electrons. The van der Waals surface area contributed by atoms with E-state index in [4.69, 9.17) is 17.0 Å². The van der Waals surface area contributed by atoms with E-state index in [1.54, 1.807) is 11.3 Å². The van der Waals surface area contributed by atoms with E-state index >= 15 is 0 Å². The molecule has 1 aromatic rings. The molecule has 1 aromatic heterocycles. The van der Waals surface area contributed by atoms with Gasteiger partial charge in [0.15, 0.2) is 5.11 Å². The maximum absolute atomic E-state index is 12.1. The average molecular weight is 397 g/mol. The first kappa shape index (κ1) is 21.2. The number of hydrogen-bond donors (Lipinski definition) is 2. The van der Waals surface area contributed by atoms with Crippen LogP contribution >= 0.6 is 23.6 Å². The summed E-state index contributed by atoms with van der Waals surface area (Å²) in [5.74, 6) is -0.266. The summed E-state index contributed by atoms with van der Waals surface area (Å²) in [4.78, 5) is 13.4. The van der Waals surface area contributed by atoms with Gasteiger partial charge in [-0.05, 0) is 43.5 Å². The summed E-state index contributed by atoms with van der Waals surface area (Å²) >= 11 is 7.04. The molecular formula is C20H32N2O2S2. The fraction of sp³-hybridized carbons (Fsp3) is 0.700. The highest BCUT2D eigenvalue weighted by Crippen LogP contribution is 2.39. The lowest BCUT2D eigenvalue weighted by Gasteiger charge is -2.11. The second kappa shape index (κ2) is 11.5. The number of rotatable bonds is 11. The van der Waals surface area contributed by atoms with Crippen molar-refractivity contribution in [1.29, 1.82) is 0 Å². The summed E-state index contributed by atoms with van der Waals surface area (Å²) in [7, 11) is 1.43. The first-order valence-corrected chi connectivity index (χ1v) is 11.2. The van der Waals surface area contributed by atoms with Crippen LogP contribution in [0.15, 0.2) is 0 Å². The number of fused-ring (bicyclic) bond motifs is 1. The second-order valence-corrected chi connectivity index (χ2v) is 8.42. The van der Waals surface area contributed by atoms with Crippen LogP contribution < -0.4 is 10.6 Å². The number of aryl methyl sites for hydroxylation is 1. The van der Waals surface area contributed by atoms with Crippen LogP contribution in [0.25, 0.3) is 0 Å². The predicted molar refractivity (Wildman–Crippen MR) is 115 cm³/mol. The lowest BCUT2D eigenvalue weighted by molar-refractivity contribution is 0.0601. The Labute approximate surface area is 167 Å². The number of hydrogen-bond acceptors (Lipinski definition) is 4. The topological polar surface area (TPSA) is 50.4 Å². The molecule has 1 heterocycles. The minimum atomic E-state index is -0.266. The van der Waals surface area contributed by atoms with E-state index < -0.39 is 0 Å². The minimum absolute atomic E-state index is 0.266. The molecule has 2 rings (SSSR count). The normalized spacial score (nSPS) is 12.7. The van der Waals surface area contributed by atoms with Crippen LogP contribution in [0.4, 0.5) is 5.00 Å². The summed E-state index contributed by atoms with van der Waals surface area (Å²) in [6.45, 7) is 3.13. The van der Waals surface area contributed by atoms with E-state index in [0.29, 0.717) is 10.7 Å². The third-order valence-electron chi connectivity index (χ3n) is 4.85. The van der Waals surface area contributed by atoms with Crippen LogP contribution in [0, 0.1) is 0 Å². The summed E-state index contributed by atoms with van der Waals surface area (Å²) < 4.78 is 4.97. The van der Waals surface area contributed by atoms with Crippen molar-refractivity contribution in [2.75, 3.05) is 19.0 Å². The summed E-state index contributed by atoms with van der Waals surface area (Å²) in [5.41, 5.74) is 1.83. The van der Waals surface area contributed by atoms with Gasteiger partial charge < -0.3 is 15.4 Å². The van der Waals surface area contributed by atoms with E-state index in [9.17, 15) is 4.79 Å². The molecule has 0 amide bonds. The SMILES string of the molecule is CCCCCCCCCCNC(=S)Nc1sc2c(c1C(=O)OC)CCC2. The molecule has 1 aliphatic carbocycles. The molecule has 0 aliphatic heterocycles. The van der Waals surface area contributed by atoms with Gasteiger partial charge in [-0.25, -0.2) is 4.79 Å². The molecule has 0 radical (unpaired) electrons. The largest absolute Gasteiger partial charge is 0.465 e. The number of anilines is 1. The molecule has 0 saturated carbocycles. The molecular weight excluding hydrogens is 364 g/mol. The Bertz CT molecular complexity index is 599. The number of ether oxygens (including phenoxy) is 1. The molecule has 0 fully saturated rings. The summed E-state index contributed by atoms with van der Waals surface area (Å²) in [6, 6.07) is 0. The summed E-state index contributed by atoms with van der Waals surface area (Å²) in [6.07, 6.45) is 13.5. The monoisotopic (exact) mass is 396 g/mol. The zero-order valence-corrected chi connectivity index (χ0v) is 17.8. The Morgan fingerprint density at radius 1 is 1.12 bits per heavy atom. The van der Waals surface area contributed by atoms with Gasteiger partial charge in [-0.2, -0.15) is 0 Å². The average Bonchev–Trinajstić information content (AvgIpc) is 3.20. The van der Waals surface area contributed by atoms with Crippen LogP contribution in [0.3, 0.4) is 0 Å². The first-order chi connectivity index (χ1) is 12.7. The molecule has 2 N–H and O–H groups in total. The molecule has 0 atom stereocenters. The number of unbranched alkanes of at least 4 members (excludes halogenated alkanes) is 7. The van der Waals surface area contributed by atoms with Crippen molar-refractivity contribution in [3.05, 3.63) is 16.0 Å². The van der Waals surface area contributed by atoms with Crippen LogP contribution in [0.2, 0.25) is 0 Å². The summed E-state index contributed by atoms with van der Waals surface area (Å²) in [5, 5.41) is 7.91. The van der Waals surface area contributed by atoms with Gasteiger partial charge in [-0.15, -0.1) is 11.3 Å². The van der Waals surface area contributed by atoms with Crippen molar-refractivity contribution in [3.63, 3.8) is 0 Å². The fourth-order valence-corrected chi connectivity index (χ4v) is 4.97.